The molecule has 0 aromatic heterocycles. The minimum Gasteiger partial charge on any atom is -0.483 e. The molecule has 246 valence electrons. The van der Waals surface area contributed by atoms with Crippen LogP contribution >= 0.6 is 0 Å². The van der Waals surface area contributed by atoms with Gasteiger partial charge in [-0.1, -0.05) is 92.4 Å². The van der Waals surface area contributed by atoms with Crippen molar-refractivity contribution >= 4 is 17.8 Å². The molecule has 4 rings (SSSR count). The van der Waals surface area contributed by atoms with Gasteiger partial charge >= 0.3 is 6.03 Å². The molecule has 0 aliphatic carbocycles. The van der Waals surface area contributed by atoms with Crippen molar-refractivity contribution < 1.29 is 68.1 Å². The average Bonchev–Trinajstić information content (AvgIpc) is 3.27. The lowest BCUT2D eigenvalue weighted by molar-refractivity contribution is -0.128. The summed E-state index contributed by atoms with van der Waals surface area (Å²) in [5, 5.41) is 17.2. The van der Waals surface area contributed by atoms with Crippen LogP contribution in [-0.4, -0.2) is 71.6 Å². The van der Waals surface area contributed by atoms with Gasteiger partial charge in [-0.2, -0.15) is 0 Å². The number of aliphatic hydroxyl groups excluding tert-OH is 1. The molecule has 9 nitrogen and oxygen atoms in total. The minimum absolute atomic E-state index is 0.129. The second-order valence-electron chi connectivity index (χ2n) is 9.46. The summed E-state index contributed by atoms with van der Waals surface area (Å²) in [6, 6.07) is -29.0. The molecule has 4 atom stereocenters. The number of benzene rings is 3. The highest BCUT2D eigenvalue weighted by molar-refractivity contribution is 5.87. The van der Waals surface area contributed by atoms with Gasteiger partial charge in [0.2, 0.25) is 5.91 Å². The first-order valence-electron chi connectivity index (χ1n) is 29.2. The number of hydrogen-bond acceptors (Lipinski definition) is 5. The number of amides is 4. The number of aliphatic hydroxyl groups is 1. The molecule has 0 unspecified atom stereocenters. The van der Waals surface area contributed by atoms with Crippen LogP contribution in [0.3, 0.4) is 0 Å². The zero-order valence-corrected chi connectivity index (χ0v) is 24.0. The molecule has 0 bridgehead atoms. The van der Waals surface area contributed by atoms with Gasteiger partial charge in [-0.05, 0) is 67.4 Å². The maximum Gasteiger partial charge on any atom is 0.318 e. The molecule has 4 amide bonds. The number of carbonyl (C=O) groups excluding carboxylic acids is 3. The summed E-state index contributed by atoms with van der Waals surface area (Å²) >= 11 is 0. The summed E-state index contributed by atoms with van der Waals surface area (Å²) in [6.45, 7) is -16.9. The molecule has 4 N–H and O–H groups in total. The Morgan fingerprint density at radius 1 is 1.02 bits per heavy atom. The van der Waals surface area contributed by atoms with E-state index in [1.165, 1.54) is 5.32 Å². The number of para-hydroxylation sites is 1. The van der Waals surface area contributed by atoms with Crippen molar-refractivity contribution in [1.29, 1.82) is 0 Å². The summed E-state index contributed by atoms with van der Waals surface area (Å²) in [5.74, 6) is -7.57. The van der Waals surface area contributed by atoms with E-state index in [1.54, 1.807) is 5.32 Å². The van der Waals surface area contributed by atoms with E-state index in [2.05, 4.69) is 0 Å². The van der Waals surface area contributed by atoms with Crippen LogP contribution in [0.1, 0.15) is 92.8 Å². The number of carbonyl (C=O) groups is 3. The molecule has 0 radical (unpaired) electrons. The second kappa shape index (κ2) is 16.8. The molecule has 0 spiro atoms. The number of ether oxygens (including phenoxy) is 1. The largest absolute Gasteiger partial charge is 0.483 e. The Morgan fingerprint density at radius 2 is 1.65 bits per heavy atom. The highest BCUT2D eigenvalue weighted by Crippen LogP contribution is 2.22. The van der Waals surface area contributed by atoms with Crippen LogP contribution in [0.4, 0.5) is 4.79 Å². The normalized spacial score (nSPS) is 31.3. The maximum atomic E-state index is 14.7. The van der Waals surface area contributed by atoms with Gasteiger partial charge in [0, 0.05) is 41.0 Å². The van der Waals surface area contributed by atoms with Crippen molar-refractivity contribution in [3.05, 3.63) is 101 Å². The van der Waals surface area contributed by atoms with Gasteiger partial charge in [0.1, 0.15) is 11.8 Å². The fourth-order valence-corrected chi connectivity index (χ4v) is 3.83. The van der Waals surface area contributed by atoms with Crippen LogP contribution in [0.2, 0.25) is 0 Å². The SMILES string of the molecule is [2H]c1c([2H])c([2H])c(C([2H])([2H])[C@@H](C[C@H](O)[C@@]([2H])(NC(=O)C([2H])([2H])Oc2c(C([2H])([2H])[2H])c([2H])c([2H])c([2H])c2C([2H])([2H])[2H])C([2H])([2H])c2c([2H])c([2H])c([2H])c([2H])c2[2H])NC(=O)[C@H](C(C)C)N2C(=O)NC([2H])([2H])C([2H])([2H])C2([2H])[2H])c([2H])c1[2H]. The molecule has 1 heterocycles. The van der Waals surface area contributed by atoms with E-state index in [-0.39, 0.29) is 4.90 Å². The third-order valence-electron chi connectivity index (χ3n) is 5.82. The van der Waals surface area contributed by atoms with Gasteiger partial charge in [0.15, 0.2) is 6.56 Å². The highest BCUT2D eigenvalue weighted by atomic mass is 16.5. The predicted octanol–water partition coefficient (Wildman–Crippen LogP) is 4.33. The molecule has 0 saturated carbocycles. The monoisotopic (exact) mass is 661 g/mol. The molecule has 3 aromatic carbocycles. The van der Waals surface area contributed by atoms with Gasteiger partial charge in [-0.25, -0.2) is 4.79 Å². The molecule has 9 heteroatoms. The summed E-state index contributed by atoms with van der Waals surface area (Å²) in [6.07, 6.45) is -17.2. The molecule has 1 aliphatic rings. The first-order chi connectivity index (χ1) is 34.8. The lowest BCUT2D eigenvalue weighted by atomic mass is 9.92. The quantitative estimate of drug-likeness (QED) is 0.194. The fourth-order valence-electron chi connectivity index (χ4n) is 3.83. The third-order valence-corrected chi connectivity index (χ3v) is 5.82. The number of urea groups is 1. The molecule has 1 aliphatic heterocycles. The summed E-state index contributed by atoms with van der Waals surface area (Å²) in [4.78, 5) is 42.4. The average molecular weight is 661 g/mol. The van der Waals surface area contributed by atoms with E-state index in [4.69, 9.17) is 41.7 Å². The van der Waals surface area contributed by atoms with Crippen LogP contribution in [0, 0.1) is 19.6 Å². The Bertz CT molecular complexity index is 2830. The van der Waals surface area contributed by atoms with Crippen molar-refractivity contribution in [2.45, 2.75) is 77.3 Å². The summed E-state index contributed by atoms with van der Waals surface area (Å²) < 4.78 is 274. The zero-order valence-electron chi connectivity index (χ0n) is 56.0. The van der Waals surface area contributed by atoms with Gasteiger partial charge in [0.05, 0.1) is 34.1 Å². The zero-order chi connectivity index (χ0) is 61.0. The van der Waals surface area contributed by atoms with E-state index < -0.39 is 213 Å². The van der Waals surface area contributed by atoms with E-state index in [9.17, 15) is 26.3 Å². The molecule has 46 heavy (non-hydrogen) atoms. The lowest BCUT2D eigenvalue weighted by Crippen LogP contribution is -2.59. The van der Waals surface area contributed by atoms with Crippen LogP contribution < -0.4 is 20.7 Å². The van der Waals surface area contributed by atoms with Crippen molar-refractivity contribution in [3.8, 4) is 5.75 Å². The number of rotatable bonds is 15. The third kappa shape index (κ3) is 9.81. The second-order valence-corrected chi connectivity index (χ2v) is 9.46. The molecule has 3 aromatic rings. The van der Waals surface area contributed by atoms with Gasteiger partial charge in [-0.15, -0.1) is 0 Å². The van der Waals surface area contributed by atoms with Crippen molar-refractivity contribution in [3.63, 3.8) is 0 Å². The first-order valence-corrected chi connectivity index (χ1v) is 13.2. The molecular formula is C37H48N4O5. The lowest BCUT2D eigenvalue weighted by Gasteiger charge is -2.37. The molecule has 1 fully saturated rings. The van der Waals surface area contributed by atoms with Crippen molar-refractivity contribution in [2.75, 3.05) is 19.6 Å². The van der Waals surface area contributed by atoms with E-state index in [0.29, 0.717) is 0 Å². The van der Waals surface area contributed by atoms with E-state index in [0.717, 1.165) is 13.8 Å². The summed E-state index contributed by atoms with van der Waals surface area (Å²) in [5.41, 5.74) is -6.17. The predicted molar refractivity (Wildman–Crippen MR) is 180 cm³/mol. The summed E-state index contributed by atoms with van der Waals surface area (Å²) in [7, 11) is 0. The smallest absolute Gasteiger partial charge is 0.318 e. The fraction of sp³-hybridized carbons (Fsp3) is 0.432. The number of nitrogens with one attached hydrogen (secondary N) is 3. The van der Waals surface area contributed by atoms with Crippen LogP contribution in [0.5, 0.6) is 5.75 Å². The van der Waals surface area contributed by atoms with Gasteiger partial charge < -0.3 is 30.7 Å². The van der Waals surface area contributed by atoms with Crippen LogP contribution in [-0.2, 0) is 22.3 Å². The van der Waals surface area contributed by atoms with Crippen molar-refractivity contribution in [1.82, 2.24) is 20.9 Å². The Kier molecular flexibility index (Phi) is 4.27. The highest BCUT2D eigenvalue weighted by Gasteiger charge is 2.35. The standard InChI is InChI=1S/C37H48N4O5/c1-25(2)34(41-20-12-19-38-37(41)45)36(44)39-30(21-28-15-7-5-8-16-28)23-32(42)31(22-29-17-9-6-10-18-29)40-33(43)24-46-35-26(3)13-11-14-27(35)4/h5-11,13-18,25,30-32,34,42H,12,19-24H2,1-4H3,(H,38,45)(H,39,44)(H,40,43)/t30-,31-,32-,34-/m0/s1/i3D3,4D3,5D,6D,7D,8D,9D,10D,11D,12D2,13D,14D,15D,16D,17D,18D,19D2,20D2,21D2,22D2,24D2,31D. The molecule has 1 saturated heterocycles. The Labute approximate surface area is 317 Å². The first kappa shape index (κ1) is 11.7. The Hall–Kier alpha value is -4.37. The molecular weight excluding hydrogens is 580 g/mol. The van der Waals surface area contributed by atoms with Gasteiger partial charge in [-0.3, -0.25) is 9.59 Å². The van der Waals surface area contributed by atoms with Crippen LogP contribution in [0.25, 0.3) is 0 Å². The number of hydrogen-bond donors (Lipinski definition) is 4. The van der Waals surface area contributed by atoms with Gasteiger partial charge in [0.25, 0.3) is 5.91 Å². The number of nitrogens with zero attached hydrogens (tertiary/aromatic N) is 1. The van der Waals surface area contributed by atoms with E-state index >= 15 is 0 Å². The van der Waals surface area contributed by atoms with Crippen molar-refractivity contribution in [2.24, 2.45) is 5.92 Å². The Morgan fingerprint density at radius 3 is 2.26 bits per heavy atom. The van der Waals surface area contributed by atoms with Crippen LogP contribution in [0.15, 0.2) is 78.6 Å². The van der Waals surface area contributed by atoms with E-state index in [1.807, 2.05) is 5.32 Å². The Balaban J connectivity index is 2.11. The topological polar surface area (TPSA) is 120 Å². The minimum atomic E-state index is -4.43. The maximum absolute atomic E-state index is 14.7.